The van der Waals surface area contributed by atoms with Crippen molar-refractivity contribution in [3.8, 4) is 0 Å². The maximum atomic E-state index is 2.44. The van der Waals surface area contributed by atoms with Crippen molar-refractivity contribution in [3.63, 3.8) is 0 Å². The second-order valence-corrected chi connectivity index (χ2v) is 4.32. The van der Waals surface area contributed by atoms with E-state index in [1.54, 1.807) is 16.7 Å². The lowest BCUT2D eigenvalue weighted by Crippen LogP contribution is -2.06. The molecule has 0 aromatic heterocycles. The first-order valence-electron chi connectivity index (χ1n) is 5.38. The van der Waals surface area contributed by atoms with Gasteiger partial charge in [-0.15, -0.1) is 0 Å². The Morgan fingerprint density at radius 2 is 2.15 bits per heavy atom. The molecule has 0 atom stereocenters. The normalized spacial score (nSPS) is 21.9. The van der Waals surface area contributed by atoms with Crippen molar-refractivity contribution in [3.05, 3.63) is 34.9 Å². The molecule has 0 heteroatoms. The largest absolute Gasteiger partial charge is 0.0807 e. The van der Waals surface area contributed by atoms with Crippen LogP contribution in [0.3, 0.4) is 0 Å². The minimum absolute atomic E-state index is 0.688. The van der Waals surface area contributed by atoms with Crippen LogP contribution in [0.15, 0.2) is 34.9 Å². The molecule has 0 aromatic carbocycles. The third kappa shape index (κ3) is 1.63. The quantitative estimate of drug-likeness (QED) is 0.563. The summed E-state index contributed by atoms with van der Waals surface area (Å²) in [6.07, 6.45) is 12.2. The molecule has 0 heterocycles. The van der Waals surface area contributed by atoms with Crippen molar-refractivity contribution in [2.45, 2.75) is 39.5 Å². The second-order valence-electron chi connectivity index (χ2n) is 4.32. The van der Waals surface area contributed by atoms with Crippen LogP contribution in [-0.4, -0.2) is 0 Å². The average Bonchev–Trinajstić information content (AvgIpc) is 2.17. The zero-order valence-corrected chi connectivity index (χ0v) is 8.64. The van der Waals surface area contributed by atoms with E-state index in [2.05, 4.69) is 32.1 Å². The van der Waals surface area contributed by atoms with Crippen molar-refractivity contribution in [1.29, 1.82) is 0 Å². The van der Waals surface area contributed by atoms with Crippen LogP contribution in [-0.2, 0) is 0 Å². The van der Waals surface area contributed by atoms with Crippen LogP contribution >= 0.6 is 0 Å². The van der Waals surface area contributed by atoms with Gasteiger partial charge < -0.3 is 0 Å². The first-order chi connectivity index (χ1) is 6.29. The number of hydrogen-bond acceptors (Lipinski definition) is 0. The van der Waals surface area contributed by atoms with Crippen molar-refractivity contribution < 1.29 is 0 Å². The van der Waals surface area contributed by atoms with E-state index in [4.69, 9.17) is 0 Å². The topological polar surface area (TPSA) is 0 Å². The van der Waals surface area contributed by atoms with Crippen LogP contribution in [0.4, 0.5) is 0 Å². The molecule has 0 nitrogen and oxygen atoms in total. The Morgan fingerprint density at radius 1 is 1.31 bits per heavy atom. The summed E-state index contributed by atoms with van der Waals surface area (Å²) in [6.45, 7) is 4.59. The molecular formula is C13H18. The van der Waals surface area contributed by atoms with Gasteiger partial charge in [-0.05, 0) is 48.3 Å². The fourth-order valence-electron chi connectivity index (χ4n) is 2.33. The molecule has 0 amide bonds. The smallest absolute Gasteiger partial charge is 0.00946 e. The molecule has 13 heavy (non-hydrogen) atoms. The summed E-state index contributed by atoms with van der Waals surface area (Å²) in [6, 6.07) is 0. The minimum Gasteiger partial charge on any atom is -0.0807 e. The maximum Gasteiger partial charge on any atom is -0.00946 e. The summed E-state index contributed by atoms with van der Waals surface area (Å²) in [5.41, 5.74) is 4.85. The van der Waals surface area contributed by atoms with Crippen LogP contribution < -0.4 is 0 Å². The Balaban J connectivity index is 2.40. The van der Waals surface area contributed by atoms with Gasteiger partial charge in [-0.2, -0.15) is 0 Å². The van der Waals surface area contributed by atoms with Crippen LogP contribution in [0.2, 0.25) is 0 Å². The summed E-state index contributed by atoms with van der Waals surface area (Å²) >= 11 is 0. The molecule has 0 radical (unpaired) electrons. The lowest BCUT2D eigenvalue weighted by atomic mass is 9.81. The van der Waals surface area contributed by atoms with Gasteiger partial charge in [0.15, 0.2) is 0 Å². The van der Waals surface area contributed by atoms with Gasteiger partial charge in [-0.3, -0.25) is 0 Å². The summed E-state index contributed by atoms with van der Waals surface area (Å²) < 4.78 is 0. The van der Waals surface area contributed by atoms with Crippen LogP contribution in [0.5, 0.6) is 0 Å². The standard InChI is InChI=1S/C13H18/c1-10(2)12-9-5-7-11-6-3-4-8-13(11)12/h5-6,9-10H,3-4,7-8H2,1-2H3. The van der Waals surface area contributed by atoms with Crippen LogP contribution in [0.25, 0.3) is 0 Å². The predicted octanol–water partition coefficient (Wildman–Crippen LogP) is 4.01. The van der Waals surface area contributed by atoms with Gasteiger partial charge in [-0.1, -0.05) is 32.1 Å². The molecule has 2 aliphatic carbocycles. The van der Waals surface area contributed by atoms with E-state index >= 15 is 0 Å². The maximum absolute atomic E-state index is 2.44. The fraction of sp³-hybridized carbons (Fsp3) is 0.538. The number of rotatable bonds is 1. The summed E-state index contributed by atoms with van der Waals surface area (Å²) in [5, 5.41) is 0. The van der Waals surface area contributed by atoms with Crippen molar-refractivity contribution >= 4 is 0 Å². The zero-order valence-electron chi connectivity index (χ0n) is 8.64. The monoisotopic (exact) mass is 174 g/mol. The Labute approximate surface area is 81.0 Å². The molecule has 0 bridgehead atoms. The number of fused-ring (bicyclic) bond motifs is 1. The molecule has 70 valence electrons. The molecule has 2 rings (SSSR count). The Kier molecular flexibility index (Phi) is 2.39. The van der Waals surface area contributed by atoms with Gasteiger partial charge in [0.1, 0.15) is 0 Å². The molecule has 0 fully saturated rings. The molecule has 0 saturated carbocycles. The molecule has 0 aliphatic heterocycles. The van der Waals surface area contributed by atoms with Crippen molar-refractivity contribution in [1.82, 2.24) is 0 Å². The van der Waals surface area contributed by atoms with Crippen molar-refractivity contribution in [2.75, 3.05) is 0 Å². The first kappa shape index (κ1) is 8.80. The Morgan fingerprint density at radius 3 is 2.92 bits per heavy atom. The number of allylic oxidation sites excluding steroid dienone is 6. The van der Waals surface area contributed by atoms with Crippen LogP contribution in [0.1, 0.15) is 39.5 Å². The summed E-state index contributed by atoms with van der Waals surface area (Å²) in [7, 11) is 0. The highest BCUT2D eigenvalue weighted by Crippen LogP contribution is 2.35. The zero-order chi connectivity index (χ0) is 9.26. The highest BCUT2D eigenvalue weighted by atomic mass is 14.2. The summed E-state index contributed by atoms with van der Waals surface area (Å²) in [5.74, 6) is 0.688. The van der Waals surface area contributed by atoms with Gasteiger partial charge in [0, 0.05) is 0 Å². The SMILES string of the molecule is CC(C)C1=C2CCCC=C2CC=C1. The predicted molar refractivity (Wildman–Crippen MR) is 57.6 cm³/mol. The van der Waals surface area contributed by atoms with E-state index in [9.17, 15) is 0 Å². The first-order valence-corrected chi connectivity index (χ1v) is 5.38. The third-order valence-corrected chi connectivity index (χ3v) is 3.01. The van der Waals surface area contributed by atoms with Crippen molar-refractivity contribution in [2.24, 2.45) is 5.92 Å². The Bertz CT molecular complexity index is 287. The second kappa shape index (κ2) is 3.53. The van der Waals surface area contributed by atoms with Gasteiger partial charge in [0.2, 0.25) is 0 Å². The van der Waals surface area contributed by atoms with E-state index < -0.39 is 0 Å². The van der Waals surface area contributed by atoms with E-state index in [0.717, 1.165) is 0 Å². The minimum atomic E-state index is 0.688. The lowest BCUT2D eigenvalue weighted by molar-refractivity contribution is 0.724. The molecule has 2 aliphatic rings. The molecule has 0 aromatic rings. The fourth-order valence-corrected chi connectivity index (χ4v) is 2.33. The molecule has 0 unspecified atom stereocenters. The number of hydrogen-bond donors (Lipinski definition) is 0. The third-order valence-electron chi connectivity index (χ3n) is 3.01. The average molecular weight is 174 g/mol. The lowest BCUT2D eigenvalue weighted by Gasteiger charge is -2.24. The van der Waals surface area contributed by atoms with E-state index in [1.807, 2.05) is 0 Å². The van der Waals surface area contributed by atoms with Gasteiger partial charge in [-0.25, -0.2) is 0 Å². The molecule has 0 saturated heterocycles. The summed E-state index contributed by atoms with van der Waals surface area (Å²) in [4.78, 5) is 0. The van der Waals surface area contributed by atoms with Gasteiger partial charge >= 0.3 is 0 Å². The molecule has 0 N–H and O–H groups in total. The van der Waals surface area contributed by atoms with Gasteiger partial charge in [0.25, 0.3) is 0 Å². The molecular weight excluding hydrogens is 156 g/mol. The van der Waals surface area contributed by atoms with E-state index in [0.29, 0.717) is 5.92 Å². The molecule has 0 spiro atoms. The highest BCUT2D eigenvalue weighted by molar-refractivity contribution is 5.46. The van der Waals surface area contributed by atoms with E-state index in [-0.39, 0.29) is 0 Å². The van der Waals surface area contributed by atoms with Crippen LogP contribution in [0, 0.1) is 5.92 Å². The highest BCUT2D eigenvalue weighted by Gasteiger charge is 2.17. The van der Waals surface area contributed by atoms with Gasteiger partial charge in [0.05, 0.1) is 0 Å². The van der Waals surface area contributed by atoms with E-state index in [1.165, 1.54) is 25.7 Å². The Hall–Kier alpha value is -0.780.